The number of nitrogens with zero attached hydrogens (tertiary/aromatic N) is 2. The lowest BCUT2D eigenvalue weighted by Gasteiger charge is -2.04. The Kier molecular flexibility index (Phi) is 2.25. The molecule has 0 saturated carbocycles. The Bertz CT molecular complexity index is 485. The van der Waals surface area contributed by atoms with E-state index in [0.29, 0.717) is 10.9 Å². The minimum absolute atomic E-state index is 0.574. The first-order valence-corrected chi connectivity index (χ1v) is 4.56. The molecule has 0 saturated heterocycles. The Morgan fingerprint density at radius 1 is 1.36 bits per heavy atom. The molecule has 2 rings (SSSR count). The fraction of sp³-hybridized carbons (Fsp3) is 0.200. The fourth-order valence-corrected chi connectivity index (χ4v) is 1.40. The maximum Gasteiger partial charge on any atom is 0.213 e. The summed E-state index contributed by atoms with van der Waals surface area (Å²) in [6.45, 7) is 1.92. The maximum atomic E-state index is 5.94. The molecule has 0 atom stereocenters. The average Bonchev–Trinajstić information content (AvgIpc) is 2.23. The molecule has 3 nitrogen and oxygen atoms in total. The number of ether oxygens (including phenoxy) is 1. The highest BCUT2D eigenvalue weighted by atomic mass is 35.5. The van der Waals surface area contributed by atoms with Crippen LogP contribution in [0.5, 0.6) is 5.88 Å². The molecule has 0 aliphatic heterocycles. The molecule has 0 fully saturated rings. The van der Waals surface area contributed by atoms with Gasteiger partial charge in [0.25, 0.3) is 0 Å². The van der Waals surface area contributed by atoms with Gasteiger partial charge in [0.15, 0.2) is 0 Å². The number of halogens is 1. The van der Waals surface area contributed by atoms with Crippen molar-refractivity contribution in [1.29, 1.82) is 0 Å². The van der Waals surface area contributed by atoms with Crippen LogP contribution in [0, 0.1) is 6.92 Å². The highest BCUT2D eigenvalue weighted by Gasteiger charge is 2.05. The summed E-state index contributed by atoms with van der Waals surface area (Å²) in [4.78, 5) is 8.45. The normalized spacial score (nSPS) is 10.5. The van der Waals surface area contributed by atoms with Crippen molar-refractivity contribution in [3.63, 3.8) is 0 Å². The third-order valence-corrected chi connectivity index (χ3v) is 2.47. The number of rotatable bonds is 1. The van der Waals surface area contributed by atoms with Gasteiger partial charge in [-0.1, -0.05) is 11.6 Å². The maximum absolute atomic E-state index is 5.94. The molecule has 14 heavy (non-hydrogen) atoms. The van der Waals surface area contributed by atoms with Crippen LogP contribution in [0.15, 0.2) is 18.3 Å². The van der Waals surface area contributed by atoms with E-state index in [-0.39, 0.29) is 0 Å². The molecular weight excluding hydrogens is 200 g/mol. The smallest absolute Gasteiger partial charge is 0.213 e. The van der Waals surface area contributed by atoms with Crippen LogP contribution < -0.4 is 4.74 Å². The summed E-state index contributed by atoms with van der Waals surface area (Å²) in [7, 11) is 1.58. The molecule has 0 aliphatic rings. The van der Waals surface area contributed by atoms with Crippen LogP contribution in [0.25, 0.3) is 11.0 Å². The van der Waals surface area contributed by atoms with Gasteiger partial charge in [-0.25, -0.2) is 4.98 Å². The van der Waals surface area contributed by atoms with Crippen LogP contribution >= 0.6 is 11.6 Å². The first-order chi connectivity index (χ1) is 6.72. The van der Waals surface area contributed by atoms with Gasteiger partial charge in [-0.2, -0.15) is 0 Å². The van der Waals surface area contributed by atoms with Crippen molar-refractivity contribution >= 4 is 22.6 Å². The number of fused-ring (bicyclic) bond motifs is 1. The number of hydrogen-bond acceptors (Lipinski definition) is 3. The van der Waals surface area contributed by atoms with Crippen LogP contribution in [0.4, 0.5) is 0 Å². The number of pyridine rings is 2. The molecule has 2 aromatic rings. The zero-order valence-electron chi connectivity index (χ0n) is 7.91. The monoisotopic (exact) mass is 208 g/mol. The molecule has 2 heterocycles. The number of aromatic nitrogens is 2. The van der Waals surface area contributed by atoms with Crippen LogP contribution in [-0.4, -0.2) is 17.1 Å². The van der Waals surface area contributed by atoms with Crippen molar-refractivity contribution in [1.82, 2.24) is 9.97 Å². The van der Waals surface area contributed by atoms with Crippen LogP contribution in [-0.2, 0) is 0 Å². The Morgan fingerprint density at radius 2 is 2.14 bits per heavy atom. The van der Waals surface area contributed by atoms with Gasteiger partial charge in [0.1, 0.15) is 0 Å². The molecule has 0 bridgehead atoms. The Labute approximate surface area is 86.7 Å². The van der Waals surface area contributed by atoms with E-state index in [1.165, 1.54) is 0 Å². The van der Waals surface area contributed by atoms with Gasteiger partial charge in [-0.05, 0) is 18.6 Å². The highest BCUT2D eigenvalue weighted by Crippen LogP contribution is 2.23. The quantitative estimate of drug-likeness (QED) is 0.723. The zero-order valence-corrected chi connectivity index (χ0v) is 8.67. The van der Waals surface area contributed by atoms with Gasteiger partial charge in [-0.3, -0.25) is 4.98 Å². The van der Waals surface area contributed by atoms with Crippen molar-refractivity contribution in [3.05, 3.63) is 28.9 Å². The molecular formula is C10H9ClN2O. The number of aryl methyl sites for hydroxylation is 1. The topological polar surface area (TPSA) is 35.0 Å². The van der Waals surface area contributed by atoms with Crippen molar-refractivity contribution in [2.75, 3.05) is 7.11 Å². The van der Waals surface area contributed by atoms with Crippen LogP contribution in [0.2, 0.25) is 5.02 Å². The summed E-state index contributed by atoms with van der Waals surface area (Å²) >= 11 is 5.94. The van der Waals surface area contributed by atoms with E-state index in [9.17, 15) is 0 Å². The summed E-state index contributed by atoms with van der Waals surface area (Å²) in [5.74, 6) is 0.574. The lowest BCUT2D eigenvalue weighted by Crippen LogP contribution is -1.91. The summed E-state index contributed by atoms with van der Waals surface area (Å²) in [5, 5.41) is 0.623. The summed E-state index contributed by atoms with van der Waals surface area (Å²) < 4.78 is 5.04. The van der Waals surface area contributed by atoms with Crippen molar-refractivity contribution in [2.45, 2.75) is 6.92 Å². The van der Waals surface area contributed by atoms with E-state index in [1.54, 1.807) is 19.4 Å². The first-order valence-electron chi connectivity index (χ1n) is 4.18. The van der Waals surface area contributed by atoms with Crippen molar-refractivity contribution < 1.29 is 4.74 Å². The predicted molar refractivity (Wildman–Crippen MR) is 55.8 cm³/mol. The first kappa shape index (κ1) is 9.21. The lowest BCUT2D eigenvalue weighted by atomic mass is 10.2. The Balaban J connectivity index is 2.78. The molecule has 0 N–H and O–H groups in total. The molecule has 0 aliphatic carbocycles. The molecule has 0 aromatic carbocycles. The molecule has 0 radical (unpaired) electrons. The van der Waals surface area contributed by atoms with E-state index in [2.05, 4.69) is 9.97 Å². The zero-order chi connectivity index (χ0) is 10.1. The highest BCUT2D eigenvalue weighted by molar-refractivity contribution is 6.31. The van der Waals surface area contributed by atoms with E-state index >= 15 is 0 Å². The molecule has 0 unspecified atom stereocenters. The summed E-state index contributed by atoms with van der Waals surface area (Å²) in [6, 6.07) is 3.65. The average molecular weight is 209 g/mol. The van der Waals surface area contributed by atoms with E-state index in [4.69, 9.17) is 16.3 Å². The van der Waals surface area contributed by atoms with Gasteiger partial charge in [-0.15, -0.1) is 0 Å². The fourth-order valence-electron chi connectivity index (χ4n) is 1.26. The van der Waals surface area contributed by atoms with E-state index in [1.807, 2.05) is 13.0 Å². The Morgan fingerprint density at radius 3 is 2.86 bits per heavy atom. The summed E-state index contributed by atoms with van der Waals surface area (Å²) in [5.41, 5.74) is 2.54. The van der Waals surface area contributed by atoms with Gasteiger partial charge in [0.2, 0.25) is 5.88 Å². The van der Waals surface area contributed by atoms with Gasteiger partial charge in [0, 0.05) is 12.3 Å². The largest absolute Gasteiger partial charge is 0.481 e. The second kappa shape index (κ2) is 3.42. The molecule has 4 heteroatoms. The Hall–Kier alpha value is -1.35. The molecule has 0 amide bonds. The van der Waals surface area contributed by atoms with Crippen molar-refractivity contribution in [3.8, 4) is 5.88 Å². The summed E-state index contributed by atoms with van der Waals surface area (Å²) in [6.07, 6.45) is 1.63. The number of methoxy groups -OCH3 is 1. The van der Waals surface area contributed by atoms with Gasteiger partial charge < -0.3 is 4.74 Å². The van der Waals surface area contributed by atoms with Crippen molar-refractivity contribution in [2.24, 2.45) is 0 Å². The molecule has 2 aromatic heterocycles. The van der Waals surface area contributed by atoms with Crippen LogP contribution in [0.3, 0.4) is 0 Å². The predicted octanol–water partition coefficient (Wildman–Crippen LogP) is 2.60. The minimum atomic E-state index is 0.574. The standard InChI is InChI=1S/C10H9ClN2O/c1-6-7(11)5-12-8-3-4-9(14-2)13-10(6)8/h3-5H,1-2H3. The van der Waals surface area contributed by atoms with Crippen LogP contribution in [0.1, 0.15) is 5.56 Å². The SMILES string of the molecule is COc1ccc2ncc(Cl)c(C)c2n1. The second-order valence-corrected chi connectivity index (χ2v) is 3.36. The molecule has 72 valence electrons. The van der Waals surface area contributed by atoms with Gasteiger partial charge in [0.05, 0.1) is 23.2 Å². The second-order valence-electron chi connectivity index (χ2n) is 2.95. The lowest BCUT2D eigenvalue weighted by molar-refractivity contribution is 0.399. The van der Waals surface area contributed by atoms with E-state index in [0.717, 1.165) is 16.6 Å². The third kappa shape index (κ3) is 1.40. The third-order valence-electron chi connectivity index (χ3n) is 2.09. The van der Waals surface area contributed by atoms with Gasteiger partial charge >= 0.3 is 0 Å². The van der Waals surface area contributed by atoms with E-state index < -0.39 is 0 Å². The minimum Gasteiger partial charge on any atom is -0.481 e. The molecule has 0 spiro atoms. The number of hydrogen-bond donors (Lipinski definition) is 0.